The minimum atomic E-state index is -0.428. The van der Waals surface area contributed by atoms with Gasteiger partial charge in [0, 0.05) is 17.0 Å². The van der Waals surface area contributed by atoms with Gasteiger partial charge < -0.3 is 5.32 Å². The number of H-pyrrole nitrogens is 1. The van der Waals surface area contributed by atoms with E-state index in [4.69, 9.17) is 5.26 Å². The molecule has 31 heavy (non-hydrogen) atoms. The van der Waals surface area contributed by atoms with Gasteiger partial charge in [-0.3, -0.25) is 9.89 Å². The molecule has 1 aliphatic heterocycles. The van der Waals surface area contributed by atoms with Gasteiger partial charge in [0.15, 0.2) is 0 Å². The van der Waals surface area contributed by atoms with Crippen LogP contribution < -0.4 is 5.32 Å². The molecule has 148 valence electrons. The van der Waals surface area contributed by atoms with Crippen molar-refractivity contribution in [3.63, 3.8) is 0 Å². The number of nitrogens with zero attached hydrogens (tertiary/aromatic N) is 2. The number of rotatable bonds is 3. The Bertz CT molecular complexity index is 1420. The third kappa shape index (κ3) is 2.62. The molecular weight excluding hydrogens is 384 g/mol. The zero-order valence-corrected chi connectivity index (χ0v) is 16.6. The fourth-order valence-electron chi connectivity index (χ4n) is 4.80. The molecule has 2 atom stereocenters. The molecule has 1 spiro atoms. The number of benzene rings is 3. The molecule has 1 unspecified atom stereocenters. The highest BCUT2D eigenvalue weighted by Crippen LogP contribution is 2.64. The second-order valence-electron chi connectivity index (χ2n) is 8.21. The van der Waals surface area contributed by atoms with Gasteiger partial charge in [0.05, 0.1) is 28.3 Å². The molecule has 1 fully saturated rings. The Balaban J connectivity index is 1.29. The van der Waals surface area contributed by atoms with Crippen molar-refractivity contribution in [2.45, 2.75) is 17.8 Å². The Morgan fingerprint density at radius 1 is 1.06 bits per heavy atom. The SMILES string of the molecule is N#Cc1ccc(/C=C/c2n[nH]c3cc(C4C[C@@]45C(=O)Nc4ccccc45)ccc23)cc1. The number of aromatic nitrogens is 2. The molecule has 0 radical (unpaired) electrons. The Morgan fingerprint density at radius 2 is 1.90 bits per heavy atom. The van der Waals surface area contributed by atoms with Crippen LogP contribution in [0.5, 0.6) is 0 Å². The summed E-state index contributed by atoms with van der Waals surface area (Å²) in [6.45, 7) is 0. The summed E-state index contributed by atoms with van der Waals surface area (Å²) < 4.78 is 0. The number of hydrogen-bond donors (Lipinski definition) is 2. The van der Waals surface area contributed by atoms with Crippen LogP contribution in [-0.4, -0.2) is 16.1 Å². The van der Waals surface area contributed by atoms with Crippen molar-refractivity contribution >= 4 is 34.6 Å². The van der Waals surface area contributed by atoms with Crippen molar-refractivity contribution in [1.29, 1.82) is 5.26 Å². The first-order chi connectivity index (χ1) is 15.2. The lowest BCUT2D eigenvalue weighted by atomic mass is 9.92. The number of nitrogens with one attached hydrogen (secondary N) is 2. The number of carbonyl (C=O) groups excluding carboxylic acids is 1. The molecule has 1 amide bonds. The molecule has 5 nitrogen and oxygen atoms in total. The van der Waals surface area contributed by atoms with Crippen molar-refractivity contribution in [2.24, 2.45) is 0 Å². The summed E-state index contributed by atoms with van der Waals surface area (Å²) >= 11 is 0. The quantitative estimate of drug-likeness (QED) is 0.507. The van der Waals surface area contributed by atoms with E-state index >= 15 is 0 Å². The Morgan fingerprint density at radius 3 is 2.74 bits per heavy atom. The molecule has 1 aliphatic carbocycles. The van der Waals surface area contributed by atoms with Crippen LogP contribution in [0.3, 0.4) is 0 Å². The molecule has 2 heterocycles. The molecule has 3 aromatic carbocycles. The predicted molar refractivity (Wildman–Crippen MR) is 120 cm³/mol. The maximum Gasteiger partial charge on any atom is 0.235 e. The first-order valence-electron chi connectivity index (χ1n) is 10.3. The monoisotopic (exact) mass is 402 g/mol. The van der Waals surface area contributed by atoms with E-state index in [1.54, 1.807) is 12.1 Å². The van der Waals surface area contributed by atoms with Crippen LogP contribution in [0.15, 0.2) is 66.7 Å². The minimum absolute atomic E-state index is 0.106. The highest BCUT2D eigenvalue weighted by molar-refractivity contribution is 6.09. The topological polar surface area (TPSA) is 81.6 Å². The van der Waals surface area contributed by atoms with Gasteiger partial charge in [0.25, 0.3) is 0 Å². The smallest absolute Gasteiger partial charge is 0.235 e. The van der Waals surface area contributed by atoms with E-state index in [9.17, 15) is 4.79 Å². The van der Waals surface area contributed by atoms with E-state index in [1.165, 1.54) is 0 Å². The zero-order chi connectivity index (χ0) is 21.0. The first kappa shape index (κ1) is 17.7. The molecule has 2 aliphatic rings. The summed E-state index contributed by atoms with van der Waals surface area (Å²) in [5.74, 6) is 0.288. The Labute approximate surface area is 179 Å². The van der Waals surface area contributed by atoms with E-state index in [0.717, 1.165) is 45.4 Å². The second-order valence-corrected chi connectivity index (χ2v) is 8.21. The summed E-state index contributed by atoms with van der Waals surface area (Å²) in [7, 11) is 0. The van der Waals surface area contributed by atoms with Gasteiger partial charge in [0.1, 0.15) is 0 Å². The largest absolute Gasteiger partial charge is 0.325 e. The maximum absolute atomic E-state index is 12.8. The van der Waals surface area contributed by atoms with Crippen LogP contribution in [0.25, 0.3) is 23.1 Å². The van der Waals surface area contributed by atoms with E-state index < -0.39 is 5.41 Å². The second kappa shape index (κ2) is 6.41. The standard InChI is InChI=1S/C26H18N4O/c27-15-17-7-5-16(6-8-17)9-12-22-19-11-10-18(13-24(19)30-29-22)21-14-26(21)20-3-1-2-4-23(20)28-25(26)31/h1-13,21H,14H2,(H,28,31)(H,29,30)/b12-9+/t21?,26-/m0/s1. The average molecular weight is 402 g/mol. The summed E-state index contributed by atoms with van der Waals surface area (Å²) in [4.78, 5) is 12.8. The van der Waals surface area contributed by atoms with Crippen LogP contribution in [0.1, 0.15) is 40.3 Å². The molecule has 5 heteroatoms. The lowest BCUT2D eigenvalue weighted by molar-refractivity contribution is -0.118. The zero-order valence-electron chi connectivity index (χ0n) is 16.6. The van der Waals surface area contributed by atoms with Crippen molar-refractivity contribution in [2.75, 3.05) is 5.32 Å². The fraction of sp³-hybridized carbons (Fsp3) is 0.115. The summed E-state index contributed by atoms with van der Waals surface area (Å²) in [6, 6.07) is 23.9. The minimum Gasteiger partial charge on any atom is -0.325 e. The van der Waals surface area contributed by atoms with Crippen LogP contribution >= 0.6 is 0 Å². The highest BCUT2D eigenvalue weighted by atomic mass is 16.2. The average Bonchev–Trinajstić information content (AvgIpc) is 3.34. The molecule has 6 rings (SSSR count). The van der Waals surface area contributed by atoms with E-state index in [1.807, 2.05) is 42.5 Å². The molecule has 1 aromatic heterocycles. The number of para-hydroxylation sites is 1. The predicted octanol–water partition coefficient (Wildman–Crippen LogP) is 4.98. The third-order valence-electron chi connectivity index (χ3n) is 6.51. The van der Waals surface area contributed by atoms with Crippen molar-refractivity contribution in [3.8, 4) is 6.07 Å². The number of aromatic amines is 1. The van der Waals surface area contributed by atoms with Gasteiger partial charge in [0.2, 0.25) is 5.91 Å². The molecular formula is C26H18N4O. The Kier molecular flexibility index (Phi) is 3.66. The van der Waals surface area contributed by atoms with E-state index in [2.05, 4.69) is 45.8 Å². The number of carbonyl (C=O) groups is 1. The van der Waals surface area contributed by atoms with Crippen molar-refractivity contribution in [3.05, 3.63) is 94.7 Å². The van der Waals surface area contributed by atoms with Gasteiger partial charge in [-0.25, -0.2) is 0 Å². The van der Waals surface area contributed by atoms with Crippen LogP contribution in [0.4, 0.5) is 5.69 Å². The number of anilines is 1. The highest BCUT2D eigenvalue weighted by Gasteiger charge is 2.65. The van der Waals surface area contributed by atoms with Crippen LogP contribution in [0.2, 0.25) is 0 Å². The van der Waals surface area contributed by atoms with E-state index in [0.29, 0.717) is 5.56 Å². The van der Waals surface area contributed by atoms with Crippen molar-refractivity contribution in [1.82, 2.24) is 10.2 Å². The van der Waals surface area contributed by atoms with Crippen molar-refractivity contribution < 1.29 is 4.79 Å². The normalized spacial score (nSPS) is 21.4. The fourth-order valence-corrected chi connectivity index (χ4v) is 4.80. The molecule has 4 aromatic rings. The van der Waals surface area contributed by atoms with Crippen LogP contribution in [-0.2, 0) is 10.2 Å². The molecule has 2 N–H and O–H groups in total. The van der Waals surface area contributed by atoms with Gasteiger partial charge in [-0.2, -0.15) is 10.4 Å². The number of hydrogen-bond acceptors (Lipinski definition) is 3. The van der Waals surface area contributed by atoms with Gasteiger partial charge in [-0.1, -0.05) is 48.5 Å². The lowest BCUT2D eigenvalue weighted by Gasteiger charge is -2.08. The van der Waals surface area contributed by atoms with Crippen LogP contribution in [0, 0.1) is 11.3 Å². The van der Waals surface area contributed by atoms with Gasteiger partial charge in [-0.05, 0) is 53.5 Å². The summed E-state index contributed by atoms with van der Waals surface area (Å²) in [6.07, 6.45) is 4.79. The molecule has 0 saturated heterocycles. The molecule has 1 saturated carbocycles. The van der Waals surface area contributed by atoms with Gasteiger partial charge >= 0.3 is 0 Å². The first-order valence-corrected chi connectivity index (χ1v) is 10.3. The maximum atomic E-state index is 12.8. The summed E-state index contributed by atoms with van der Waals surface area (Å²) in [5, 5.41) is 20.6. The lowest BCUT2D eigenvalue weighted by Crippen LogP contribution is -2.20. The molecule has 0 bridgehead atoms. The number of nitriles is 1. The Hall–Kier alpha value is -4.17. The van der Waals surface area contributed by atoms with E-state index in [-0.39, 0.29) is 11.8 Å². The van der Waals surface area contributed by atoms with Gasteiger partial charge in [-0.15, -0.1) is 0 Å². The number of amides is 1. The third-order valence-corrected chi connectivity index (χ3v) is 6.51. The number of fused-ring (bicyclic) bond motifs is 3. The summed E-state index contributed by atoms with van der Waals surface area (Å²) in [5.41, 5.74) is 6.26.